The van der Waals surface area contributed by atoms with Crippen LogP contribution >= 0.6 is 35.3 Å². The lowest BCUT2D eigenvalue weighted by Gasteiger charge is -2.33. The number of rotatable bonds is 2. The minimum Gasteiger partial charge on any atom is -0.351 e. The van der Waals surface area contributed by atoms with Gasteiger partial charge in [0.15, 0.2) is 5.96 Å². The lowest BCUT2D eigenvalue weighted by Crippen LogP contribution is -2.45. The first-order valence-corrected chi connectivity index (χ1v) is 7.43. The van der Waals surface area contributed by atoms with Crippen molar-refractivity contribution in [1.82, 2.24) is 15.2 Å². The number of halogens is 1. The maximum atomic E-state index is 4.39. The lowest BCUT2D eigenvalue weighted by atomic mass is 10.0. The van der Waals surface area contributed by atoms with Crippen molar-refractivity contribution in [1.29, 1.82) is 0 Å². The maximum Gasteiger partial charge on any atom is 0.193 e. The van der Waals surface area contributed by atoms with Crippen LogP contribution in [0.2, 0.25) is 0 Å². The van der Waals surface area contributed by atoms with Crippen molar-refractivity contribution in [3.8, 4) is 0 Å². The Morgan fingerprint density at radius 3 is 3.00 bits per heavy atom. The van der Waals surface area contributed by atoms with Crippen LogP contribution in [0.15, 0.2) is 10.5 Å². The van der Waals surface area contributed by atoms with Gasteiger partial charge in [0.25, 0.3) is 0 Å². The molecule has 0 bridgehead atoms. The molecule has 0 aromatic carbocycles. The van der Waals surface area contributed by atoms with E-state index in [9.17, 15) is 0 Å². The smallest absolute Gasteiger partial charge is 0.193 e. The second kappa shape index (κ2) is 8.04. The van der Waals surface area contributed by atoms with Crippen molar-refractivity contribution < 1.29 is 0 Å². The van der Waals surface area contributed by atoms with Gasteiger partial charge in [-0.15, -0.1) is 35.3 Å². The SMILES string of the molecule is CN=C(NCc1scnc1C)N1CCCC(C)C1.I. The van der Waals surface area contributed by atoms with Gasteiger partial charge in [-0.1, -0.05) is 6.92 Å². The van der Waals surface area contributed by atoms with Crippen molar-refractivity contribution in [2.45, 2.75) is 33.2 Å². The van der Waals surface area contributed by atoms with Gasteiger partial charge < -0.3 is 10.2 Å². The van der Waals surface area contributed by atoms with Crippen LogP contribution < -0.4 is 5.32 Å². The molecule has 0 amide bonds. The van der Waals surface area contributed by atoms with Crippen LogP contribution in [0.25, 0.3) is 0 Å². The highest BCUT2D eigenvalue weighted by molar-refractivity contribution is 14.0. The first-order valence-electron chi connectivity index (χ1n) is 6.55. The normalized spacial score (nSPS) is 20.1. The molecule has 2 rings (SSSR count). The van der Waals surface area contributed by atoms with Crippen LogP contribution in [-0.4, -0.2) is 36.0 Å². The average molecular weight is 394 g/mol. The predicted molar refractivity (Wildman–Crippen MR) is 92.4 cm³/mol. The summed E-state index contributed by atoms with van der Waals surface area (Å²) in [6, 6.07) is 0. The van der Waals surface area contributed by atoms with Gasteiger partial charge in [0, 0.05) is 25.0 Å². The van der Waals surface area contributed by atoms with Gasteiger partial charge in [-0.05, 0) is 25.7 Å². The zero-order chi connectivity index (χ0) is 13.0. The summed E-state index contributed by atoms with van der Waals surface area (Å²) in [6.45, 7) is 7.42. The summed E-state index contributed by atoms with van der Waals surface area (Å²) in [4.78, 5) is 12.3. The number of aromatic nitrogens is 1. The molecule has 1 fully saturated rings. The first kappa shape index (κ1) is 16.7. The summed E-state index contributed by atoms with van der Waals surface area (Å²) < 4.78 is 0. The number of likely N-dealkylation sites (tertiary alicyclic amines) is 1. The van der Waals surface area contributed by atoms with Crippen LogP contribution in [0.3, 0.4) is 0 Å². The summed E-state index contributed by atoms with van der Waals surface area (Å²) in [5, 5.41) is 3.45. The van der Waals surface area contributed by atoms with Crippen molar-refractivity contribution >= 4 is 41.3 Å². The van der Waals surface area contributed by atoms with E-state index in [4.69, 9.17) is 0 Å². The number of aliphatic imine (C=N–C) groups is 1. The van der Waals surface area contributed by atoms with Crippen LogP contribution in [0.1, 0.15) is 30.3 Å². The highest BCUT2D eigenvalue weighted by Gasteiger charge is 2.19. The van der Waals surface area contributed by atoms with Gasteiger partial charge in [0.05, 0.1) is 17.7 Å². The van der Waals surface area contributed by atoms with Crippen molar-refractivity contribution in [3.63, 3.8) is 0 Å². The van der Waals surface area contributed by atoms with E-state index in [1.807, 2.05) is 12.6 Å². The number of aryl methyl sites for hydroxylation is 1. The molecule has 19 heavy (non-hydrogen) atoms. The number of thiazole rings is 1. The molecule has 1 unspecified atom stereocenters. The van der Waals surface area contributed by atoms with E-state index in [0.29, 0.717) is 0 Å². The molecule has 1 aromatic heterocycles. The third-order valence-electron chi connectivity index (χ3n) is 3.42. The second-order valence-corrected chi connectivity index (χ2v) is 5.89. The average Bonchev–Trinajstić information content (AvgIpc) is 2.76. The first-order chi connectivity index (χ1) is 8.70. The third kappa shape index (κ3) is 4.59. The molecule has 2 heterocycles. The highest BCUT2D eigenvalue weighted by atomic mass is 127. The number of hydrogen-bond donors (Lipinski definition) is 1. The summed E-state index contributed by atoms with van der Waals surface area (Å²) in [5.74, 6) is 1.79. The topological polar surface area (TPSA) is 40.5 Å². The summed E-state index contributed by atoms with van der Waals surface area (Å²) in [7, 11) is 1.86. The van der Waals surface area contributed by atoms with Gasteiger partial charge in [0.2, 0.25) is 0 Å². The Bertz CT molecular complexity index is 419. The Labute approximate surface area is 136 Å². The van der Waals surface area contributed by atoms with Gasteiger partial charge in [-0.3, -0.25) is 4.99 Å². The molecule has 6 heteroatoms. The quantitative estimate of drug-likeness (QED) is 0.477. The Morgan fingerprint density at radius 1 is 1.63 bits per heavy atom. The molecule has 1 saturated heterocycles. The van der Waals surface area contributed by atoms with Crippen LogP contribution in [0.4, 0.5) is 0 Å². The third-order valence-corrected chi connectivity index (χ3v) is 4.36. The van der Waals surface area contributed by atoms with E-state index in [0.717, 1.165) is 37.2 Å². The molecule has 4 nitrogen and oxygen atoms in total. The Morgan fingerprint density at radius 2 is 2.42 bits per heavy atom. The standard InChI is InChI=1S/C13H22N4S.HI/c1-10-5-4-6-17(8-10)13(14-3)15-7-12-11(2)16-9-18-12;/h9-10H,4-8H2,1-3H3,(H,14,15);1H. The van der Waals surface area contributed by atoms with E-state index in [2.05, 4.69) is 34.0 Å². The molecule has 1 aliphatic rings. The van der Waals surface area contributed by atoms with E-state index in [1.165, 1.54) is 17.7 Å². The fraction of sp³-hybridized carbons (Fsp3) is 0.692. The molecular formula is C13H23IN4S. The van der Waals surface area contributed by atoms with Crippen LogP contribution in [-0.2, 0) is 6.54 Å². The van der Waals surface area contributed by atoms with Gasteiger partial charge in [-0.2, -0.15) is 0 Å². The van der Waals surface area contributed by atoms with E-state index in [1.54, 1.807) is 11.3 Å². The fourth-order valence-electron chi connectivity index (χ4n) is 2.37. The molecular weight excluding hydrogens is 371 g/mol. The Kier molecular flexibility index (Phi) is 7.06. The molecule has 1 aromatic rings. The molecule has 0 radical (unpaired) electrons. The number of hydrogen-bond acceptors (Lipinski definition) is 3. The molecule has 1 atom stereocenters. The highest BCUT2D eigenvalue weighted by Crippen LogP contribution is 2.16. The molecule has 0 aliphatic carbocycles. The number of piperidine rings is 1. The largest absolute Gasteiger partial charge is 0.351 e. The minimum absolute atomic E-state index is 0. The summed E-state index contributed by atoms with van der Waals surface area (Å²) in [6.07, 6.45) is 2.60. The van der Waals surface area contributed by atoms with E-state index < -0.39 is 0 Å². The second-order valence-electron chi connectivity index (χ2n) is 4.96. The predicted octanol–water partition coefficient (Wildman–Crippen LogP) is 2.88. The van der Waals surface area contributed by atoms with Crippen molar-refractivity contribution in [2.24, 2.45) is 10.9 Å². The molecule has 0 saturated carbocycles. The molecule has 108 valence electrons. The molecule has 1 N–H and O–H groups in total. The van der Waals surface area contributed by atoms with Gasteiger partial charge >= 0.3 is 0 Å². The monoisotopic (exact) mass is 394 g/mol. The van der Waals surface area contributed by atoms with Gasteiger partial charge in [0.1, 0.15) is 0 Å². The van der Waals surface area contributed by atoms with Crippen LogP contribution in [0, 0.1) is 12.8 Å². The summed E-state index contributed by atoms with van der Waals surface area (Å²) in [5.41, 5.74) is 3.02. The number of guanidine groups is 1. The maximum absolute atomic E-state index is 4.39. The van der Waals surface area contributed by atoms with Gasteiger partial charge in [-0.25, -0.2) is 4.98 Å². The number of nitrogens with zero attached hydrogens (tertiary/aromatic N) is 3. The molecule has 1 aliphatic heterocycles. The minimum atomic E-state index is 0. The van der Waals surface area contributed by atoms with E-state index >= 15 is 0 Å². The van der Waals surface area contributed by atoms with Crippen LogP contribution in [0.5, 0.6) is 0 Å². The van der Waals surface area contributed by atoms with Crippen molar-refractivity contribution in [2.75, 3.05) is 20.1 Å². The van der Waals surface area contributed by atoms with E-state index in [-0.39, 0.29) is 24.0 Å². The Balaban J connectivity index is 0.00000180. The Hall–Kier alpha value is -0.370. The molecule has 0 spiro atoms. The number of nitrogens with one attached hydrogen (secondary N) is 1. The lowest BCUT2D eigenvalue weighted by molar-refractivity contribution is 0.266. The fourth-order valence-corrected chi connectivity index (χ4v) is 3.09. The zero-order valence-electron chi connectivity index (χ0n) is 11.8. The van der Waals surface area contributed by atoms with Crippen molar-refractivity contribution in [3.05, 3.63) is 16.1 Å². The zero-order valence-corrected chi connectivity index (χ0v) is 15.0. The summed E-state index contributed by atoms with van der Waals surface area (Å²) >= 11 is 1.70.